The van der Waals surface area contributed by atoms with Crippen LogP contribution in [0, 0.1) is 13.8 Å². The van der Waals surface area contributed by atoms with Gasteiger partial charge in [0.25, 0.3) is 18.9 Å². The third kappa shape index (κ3) is 8.64. The van der Waals surface area contributed by atoms with Gasteiger partial charge in [-0.2, -0.15) is 9.97 Å². The van der Waals surface area contributed by atoms with Crippen molar-refractivity contribution in [2.24, 2.45) is 0 Å². The van der Waals surface area contributed by atoms with Gasteiger partial charge < -0.3 is 60.0 Å². The topological polar surface area (TPSA) is 370 Å². The summed E-state index contributed by atoms with van der Waals surface area (Å²) in [5.41, 5.74) is 5.68. The van der Waals surface area contributed by atoms with Gasteiger partial charge in [-0.15, -0.1) is 0 Å². The van der Waals surface area contributed by atoms with Crippen LogP contribution in [0.4, 0.5) is 5.95 Å². The Morgan fingerprint density at radius 2 is 1.71 bits per heavy atom. The maximum absolute atomic E-state index is 12.2. The third-order valence-corrected chi connectivity index (χ3v) is 8.51. The molecule has 11 N–H and O–H groups in total. The van der Waals surface area contributed by atoms with Crippen molar-refractivity contribution >= 4 is 36.0 Å². The molecule has 0 saturated carbocycles. The van der Waals surface area contributed by atoms with Gasteiger partial charge in [-0.25, -0.2) is 14.8 Å². The number of H-pyrrole nitrogens is 2. The normalized spacial score (nSPS) is 21.7. The number of phosphoric acid groups is 1. The second-order valence-corrected chi connectivity index (χ2v) is 12.8. The molecule has 1 aromatic carbocycles. The molecule has 0 bridgehead atoms. The Kier molecular flexibility index (Phi) is 12.9. The summed E-state index contributed by atoms with van der Waals surface area (Å²) in [6, 6.07) is 3.40. The van der Waals surface area contributed by atoms with E-state index >= 15 is 0 Å². The smallest absolute Gasteiger partial charge is 0.756 e. The van der Waals surface area contributed by atoms with Crippen molar-refractivity contribution in [2.75, 3.05) is 18.9 Å². The molecule has 1 saturated heterocycles. The molecule has 5 heterocycles. The second kappa shape index (κ2) is 16.2. The second-order valence-electron chi connectivity index (χ2n) is 11.6. The number of hydrogen-bond acceptors (Lipinski definition) is 18. The Balaban J connectivity index is 0.000000248. The first-order valence-electron chi connectivity index (χ1n) is 14.9. The van der Waals surface area contributed by atoms with Crippen LogP contribution in [-0.4, -0.2) is 124 Å². The SMILES string of the molecule is Cc1cc2nc3c(=O)[nH]c(=O)nc-3n(C[C@H](O)[C@H](O)[C@H](O)COP(=O)([O-])O)c2cc1C.Nc1nc2c(ncn2[C@@H]2O[C@H](CO)[C@@H](O)[C@H]2O)c(=O)[nH]1.[Na+]. The van der Waals surface area contributed by atoms with Gasteiger partial charge in [-0.05, 0) is 37.1 Å². The average Bonchev–Trinajstić information content (AvgIpc) is 3.60. The van der Waals surface area contributed by atoms with Gasteiger partial charge in [0.15, 0.2) is 28.9 Å². The summed E-state index contributed by atoms with van der Waals surface area (Å²) in [5, 5.41) is 59.2. The molecule has 1 fully saturated rings. The number of anilines is 1. The number of hydrogen-bond donors (Lipinski definition) is 10. The van der Waals surface area contributed by atoms with E-state index in [-0.39, 0.29) is 58.2 Å². The van der Waals surface area contributed by atoms with Gasteiger partial charge >= 0.3 is 35.2 Å². The molecule has 0 radical (unpaired) electrons. The van der Waals surface area contributed by atoms with Crippen molar-refractivity contribution in [3.63, 3.8) is 0 Å². The van der Waals surface area contributed by atoms with E-state index in [9.17, 15) is 49.4 Å². The van der Waals surface area contributed by atoms with Crippen molar-refractivity contribution in [1.82, 2.24) is 39.0 Å². The zero-order valence-corrected chi connectivity index (χ0v) is 30.5. The molecule has 3 aromatic rings. The number of nitrogens with two attached hydrogens (primary N) is 1. The van der Waals surface area contributed by atoms with Crippen LogP contribution >= 0.6 is 7.82 Å². The summed E-state index contributed by atoms with van der Waals surface area (Å²) >= 11 is 0. The minimum Gasteiger partial charge on any atom is -0.756 e. The number of imidazole rings is 1. The van der Waals surface area contributed by atoms with E-state index in [1.54, 1.807) is 12.1 Å². The van der Waals surface area contributed by atoms with E-state index < -0.39 is 87.2 Å². The molecule has 3 aliphatic heterocycles. The summed E-state index contributed by atoms with van der Waals surface area (Å²) in [4.78, 5) is 75.1. The fourth-order valence-corrected chi connectivity index (χ4v) is 5.64. The van der Waals surface area contributed by atoms with E-state index in [0.29, 0.717) is 11.0 Å². The number of nitrogens with one attached hydrogen (secondary N) is 2. The number of aliphatic hydroxyl groups is 6. The van der Waals surface area contributed by atoms with Gasteiger partial charge in [-0.3, -0.25) is 28.7 Å². The third-order valence-electron chi connectivity index (χ3n) is 8.03. The predicted molar refractivity (Wildman–Crippen MR) is 170 cm³/mol. The number of aromatic amines is 2. The Labute approximate surface area is 312 Å². The van der Waals surface area contributed by atoms with E-state index in [1.165, 1.54) is 15.5 Å². The molecule has 0 amide bonds. The number of rotatable bonds is 9. The van der Waals surface area contributed by atoms with Crippen molar-refractivity contribution in [3.8, 4) is 11.5 Å². The number of nitrogens with zero attached hydrogens (tertiary/aromatic N) is 6. The van der Waals surface area contributed by atoms with Gasteiger partial charge in [-0.1, -0.05) is 0 Å². The van der Waals surface area contributed by atoms with Crippen molar-refractivity contribution in [2.45, 2.75) is 63.2 Å². The standard InChI is InChI=1S/C17H21N4O9P.C10H13N5O5.Na/c1-7-3-9-10(4-8(7)2)21(15-13(18-9)16(25)20-17(26)19-15)5-11(22)14(24)12(23)6-30-31(27,28)29;11-10-13-7-4(8(19)14-10)12-2-15(7)9-6(18)5(17)3(1-16)20-9;/h3-4,11-12,14,22-24H,5-6H2,1-2H3,(H,20,25,26)(H2,27,28,29);2-3,5-6,9,16-18H,1H2,(H3,11,13,14,19);/q;;+1/p-1/t11-,12+,14-;3-,5-,6-,9-;/m01./s1. The van der Waals surface area contributed by atoms with Gasteiger partial charge in [0.2, 0.25) is 5.95 Å². The number of fused-ring (bicyclic) bond motifs is 3. The maximum atomic E-state index is 12.2. The van der Waals surface area contributed by atoms with Crippen LogP contribution in [0.3, 0.4) is 0 Å². The monoisotopic (exact) mass is 761 g/mol. The van der Waals surface area contributed by atoms with Crippen LogP contribution in [0.5, 0.6) is 0 Å². The summed E-state index contributed by atoms with van der Waals surface area (Å²) < 4.78 is 22.6. The van der Waals surface area contributed by atoms with Crippen LogP contribution in [0.2, 0.25) is 0 Å². The molecule has 3 aliphatic rings. The molecule has 23 nitrogen and oxygen atoms in total. The van der Waals surface area contributed by atoms with Crippen LogP contribution in [0.15, 0.2) is 32.8 Å². The summed E-state index contributed by atoms with van der Waals surface area (Å²) in [7, 11) is -5.14. The van der Waals surface area contributed by atoms with Crippen molar-refractivity contribution in [3.05, 3.63) is 60.8 Å². The Hall–Kier alpha value is -3.52. The molecule has 2 aromatic heterocycles. The van der Waals surface area contributed by atoms with Crippen LogP contribution < -0.4 is 57.0 Å². The Morgan fingerprint density at radius 3 is 2.35 bits per heavy atom. The van der Waals surface area contributed by atoms with E-state index in [2.05, 4.69) is 29.4 Å². The molecule has 6 rings (SSSR count). The van der Waals surface area contributed by atoms with E-state index in [4.69, 9.17) is 20.5 Å². The maximum Gasteiger partial charge on any atom is 1.00 e. The number of phosphoric ester groups is 1. The van der Waals surface area contributed by atoms with Crippen LogP contribution in [0.1, 0.15) is 17.4 Å². The van der Waals surface area contributed by atoms with Gasteiger partial charge in [0, 0.05) is 0 Å². The molecule has 1 unspecified atom stereocenters. The number of aryl methyl sites for hydroxylation is 2. The van der Waals surface area contributed by atoms with Crippen LogP contribution in [0.25, 0.3) is 33.7 Å². The fourth-order valence-electron chi connectivity index (χ4n) is 5.29. The summed E-state index contributed by atoms with van der Waals surface area (Å²) in [6.07, 6.45) is -8.70. The summed E-state index contributed by atoms with van der Waals surface area (Å²) in [5.74, 6) is -0.253. The Bertz CT molecular complexity index is 2260. The molecular weight excluding hydrogens is 728 g/mol. The number of nitrogen functional groups attached to an aromatic ring is 1. The number of benzene rings is 1. The number of aliphatic hydroxyl groups excluding tert-OH is 6. The van der Waals surface area contributed by atoms with Gasteiger partial charge in [0.05, 0.1) is 37.1 Å². The minimum atomic E-state index is -5.14. The predicted octanol–water partition coefficient (Wildman–Crippen LogP) is -7.92. The van der Waals surface area contributed by atoms with Crippen molar-refractivity contribution < 1.29 is 83.8 Å². The number of aromatic nitrogens is 8. The minimum absolute atomic E-state index is 0. The van der Waals surface area contributed by atoms with Crippen LogP contribution in [-0.2, 0) is 20.4 Å². The molecular formula is C27H33N9NaO14P. The molecule has 0 spiro atoms. The zero-order chi connectivity index (χ0) is 37.5. The quantitative estimate of drug-likeness (QED) is 0.0379. The molecule has 8 atom stereocenters. The zero-order valence-electron chi connectivity index (χ0n) is 27.6. The molecule has 0 aliphatic carbocycles. The van der Waals surface area contributed by atoms with Gasteiger partial charge in [0.1, 0.15) is 36.6 Å². The first kappa shape index (κ1) is 41.2. The summed E-state index contributed by atoms with van der Waals surface area (Å²) in [6.45, 7) is 1.76. The Morgan fingerprint density at radius 1 is 1.04 bits per heavy atom. The van der Waals surface area contributed by atoms with Crippen molar-refractivity contribution in [1.29, 1.82) is 0 Å². The molecule has 52 heavy (non-hydrogen) atoms. The molecule has 25 heteroatoms. The van der Waals surface area contributed by atoms with E-state index in [0.717, 1.165) is 11.1 Å². The average molecular weight is 762 g/mol. The largest absolute Gasteiger partial charge is 1.00 e. The first-order chi connectivity index (χ1) is 23.9. The molecule has 276 valence electrons. The number of ether oxygens (including phenoxy) is 1. The fraction of sp³-hybridized carbons (Fsp3) is 0.444. The first-order valence-corrected chi connectivity index (χ1v) is 16.4. The van der Waals surface area contributed by atoms with E-state index in [1.807, 2.05) is 18.8 Å².